The summed E-state index contributed by atoms with van der Waals surface area (Å²) in [4.78, 5) is 24.7. The highest BCUT2D eigenvalue weighted by Gasteiger charge is 2.42. The zero-order valence-electron chi connectivity index (χ0n) is 11.7. The van der Waals surface area contributed by atoms with Gasteiger partial charge in [-0.25, -0.2) is 4.79 Å². The number of carboxylic acids is 1. The van der Waals surface area contributed by atoms with Crippen LogP contribution in [0.25, 0.3) is 0 Å². The normalized spacial score (nSPS) is 25.3. The zero-order valence-corrected chi connectivity index (χ0v) is 11.7. The van der Waals surface area contributed by atoms with E-state index in [4.69, 9.17) is 5.11 Å². The quantitative estimate of drug-likeness (QED) is 0.807. The minimum absolute atomic E-state index is 0.120. The van der Waals surface area contributed by atoms with Crippen LogP contribution in [0.15, 0.2) is 0 Å². The molecule has 0 spiro atoms. The second-order valence-corrected chi connectivity index (χ2v) is 6.02. The van der Waals surface area contributed by atoms with Gasteiger partial charge in [0.2, 0.25) is 0 Å². The Morgan fingerprint density at radius 1 is 1.39 bits per heavy atom. The van der Waals surface area contributed by atoms with Gasteiger partial charge in [-0.3, -0.25) is 4.79 Å². The molecule has 0 bridgehead atoms. The lowest BCUT2D eigenvalue weighted by molar-refractivity contribution is -0.146. The van der Waals surface area contributed by atoms with Crippen LogP contribution in [0, 0.1) is 11.3 Å². The number of amides is 2. The fraction of sp³-hybridized carbons (Fsp3) is 0.846. The van der Waals surface area contributed by atoms with Crippen LogP contribution in [-0.4, -0.2) is 41.1 Å². The van der Waals surface area contributed by atoms with E-state index in [-0.39, 0.29) is 12.1 Å². The Morgan fingerprint density at radius 3 is 2.44 bits per heavy atom. The smallest absolute Gasteiger partial charge is 0.317 e. The first-order valence-corrected chi connectivity index (χ1v) is 6.53. The third-order valence-electron chi connectivity index (χ3n) is 3.47. The first-order valence-electron chi connectivity index (χ1n) is 6.53. The number of carbonyl (C=O) groups excluding carboxylic acids is 1. The molecule has 5 heteroatoms. The Bertz CT molecular complexity index is 330. The third kappa shape index (κ3) is 3.62. The maximum absolute atomic E-state index is 12.0. The van der Waals surface area contributed by atoms with E-state index in [1.807, 2.05) is 6.92 Å². The average Bonchev–Trinajstić information content (AvgIpc) is 2.61. The molecule has 0 saturated carbocycles. The summed E-state index contributed by atoms with van der Waals surface area (Å²) in [5.74, 6) is -0.295. The molecule has 1 rings (SSSR count). The lowest BCUT2D eigenvalue weighted by Gasteiger charge is -2.23. The number of carbonyl (C=O) groups is 2. The molecule has 0 aromatic heterocycles. The van der Waals surface area contributed by atoms with Crippen molar-refractivity contribution in [3.8, 4) is 0 Å². The van der Waals surface area contributed by atoms with Crippen molar-refractivity contribution in [3.05, 3.63) is 0 Å². The van der Waals surface area contributed by atoms with E-state index in [2.05, 4.69) is 19.2 Å². The molecule has 2 atom stereocenters. The molecule has 0 aromatic carbocycles. The second kappa shape index (κ2) is 5.59. The van der Waals surface area contributed by atoms with E-state index in [9.17, 15) is 9.59 Å². The van der Waals surface area contributed by atoms with E-state index in [0.717, 1.165) is 6.42 Å². The van der Waals surface area contributed by atoms with Gasteiger partial charge in [0.15, 0.2) is 0 Å². The molecule has 0 radical (unpaired) electrons. The van der Waals surface area contributed by atoms with E-state index >= 15 is 0 Å². The SMILES string of the molecule is CC(C)CC(C)NC(=O)N1CCC(C)(C(=O)O)C1. The Morgan fingerprint density at radius 2 is 2.00 bits per heavy atom. The van der Waals surface area contributed by atoms with Gasteiger partial charge >= 0.3 is 12.0 Å². The summed E-state index contributed by atoms with van der Waals surface area (Å²) in [6, 6.07) is -0.0256. The average molecular weight is 256 g/mol. The first-order chi connectivity index (χ1) is 8.24. The van der Waals surface area contributed by atoms with Crippen molar-refractivity contribution < 1.29 is 14.7 Å². The number of rotatable bonds is 4. The van der Waals surface area contributed by atoms with Crippen molar-refractivity contribution in [3.63, 3.8) is 0 Å². The van der Waals surface area contributed by atoms with Crippen molar-refractivity contribution in [2.75, 3.05) is 13.1 Å². The van der Waals surface area contributed by atoms with Crippen LogP contribution in [0.5, 0.6) is 0 Å². The van der Waals surface area contributed by atoms with Crippen molar-refractivity contribution in [1.82, 2.24) is 10.2 Å². The molecule has 1 aliphatic heterocycles. The lowest BCUT2D eigenvalue weighted by atomic mass is 9.90. The Hall–Kier alpha value is -1.26. The van der Waals surface area contributed by atoms with Crippen LogP contribution >= 0.6 is 0 Å². The molecule has 2 amide bonds. The highest BCUT2D eigenvalue weighted by molar-refractivity contribution is 5.79. The molecule has 1 fully saturated rings. The van der Waals surface area contributed by atoms with Crippen LogP contribution in [0.4, 0.5) is 4.79 Å². The standard InChI is InChI=1S/C13H24N2O3/c1-9(2)7-10(3)14-12(18)15-6-5-13(4,8-15)11(16)17/h9-10H,5-8H2,1-4H3,(H,14,18)(H,16,17). The number of nitrogens with zero attached hydrogens (tertiary/aromatic N) is 1. The van der Waals surface area contributed by atoms with Crippen molar-refractivity contribution in [2.45, 2.75) is 46.6 Å². The lowest BCUT2D eigenvalue weighted by Crippen LogP contribution is -2.44. The minimum Gasteiger partial charge on any atom is -0.481 e. The number of urea groups is 1. The molecule has 2 N–H and O–H groups in total. The molecular weight excluding hydrogens is 232 g/mol. The van der Waals surface area contributed by atoms with Crippen LogP contribution in [0.3, 0.4) is 0 Å². The number of likely N-dealkylation sites (tertiary alicyclic amines) is 1. The molecule has 104 valence electrons. The van der Waals surface area contributed by atoms with Gasteiger partial charge in [0.1, 0.15) is 0 Å². The molecule has 0 aromatic rings. The largest absolute Gasteiger partial charge is 0.481 e. The summed E-state index contributed by atoms with van der Waals surface area (Å²) < 4.78 is 0. The molecule has 1 saturated heterocycles. The summed E-state index contributed by atoms with van der Waals surface area (Å²) in [5, 5.41) is 12.0. The van der Waals surface area contributed by atoms with Crippen molar-refractivity contribution >= 4 is 12.0 Å². The summed E-state index contributed by atoms with van der Waals surface area (Å²) >= 11 is 0. The molecule has 5 nitrogen and oxygen atoms in total. The Kier molecular flexibility index (Phi) is 4.59. The fourth-order valence-corrected chi connectivity index (χ4v) is 2.38. The van der Waals surface area contributed by atoms with Crippen LogP contribution < -0.4 is 5.32 Å². The van der Waals surface area contributed by atoms with Gasteiger partial charge < -0.3 is 15.3 Å². The number of hydrogen-bond donors (Lipinski definition) is 2. The van der Waals surface area contributed by atoms with Gasteiger partial charge in [-0.05, 0) is 32.6 Å². The van der Waals surface area contributed by atoms with E-state index in [1.165, 1.54) is 0 Å². The van der Waals surface area contributed by atoms with Crippen LogP contribution in [-0.2, 0) is 4.79 Å². The van der Waals surface area contributed by atoms with Gasteiger partial charge in [0, 0.05) is 19.1 Å². The predicted molar refractivity (Wildman–Crippen MR) is 69.4 cm³/mol. The first kappa shape index (κ1) is 14.8. The number of hydrogen-bond acceptors (Lipinski definition) is 2. The predicted octanol–water partition coefficient (Wildman–Crippen LogP) is 1.93. The minimum atomic E-state index is -0.826. The molecule has 1 heterocycles. The van der Waals surface area contributed by atoms with E-state index in [0.29, 0.717) is 25.4 Å². The molecule has 18 heavy (non-hydrogen) atoms. The highest BCUT2D eigenvalue weighted by atomic mass is 16.4. The van der Waals surface area contributed by atoms with Crippen molar-refractivity contribution in [2.24, 2.45) is 11.3 Å². The summed E-state index contributed by atoms with van der Waals surface area (Å²) in [5.41, 5.74) is -0.793. The van der Waals surface area contributed by atoms with Gasteiger partial charge in [0.25, 0.3) is 0 Å². The molecule has 2 unspecified atom stereocenters. The van der Waals surface area contributed by atoms with E-state index < -0.39 is 11.4 Å². The molecule has 1 aliphatic rings. The van der Waals surface area contributed by atoms with Gasteiger partial charge in [-0.15, -0.1) is 0 Å². The number of aliphatic carboxylic acids is 1. The Labute approximate surface area is 109 Å². The molecular formula is C13H24N2O3. The second-order valence-electron chi connectivity index (χ2n) is 6.02. The van der Waals surface area contributed by atoms with Crippen molar-refractivity contribution in [1.29, 1.82) is 0 Å². The third-order valence-corrected chi connectivity index (χ3v) is 3.47. The maximum Gasteiger partial charge on any atom is 0.317 e. The fourth-order valence-electron chi connectivity index (χ4n) is 2.38. The Balaban J connectivity index is 2.48. The zero-order chi connectivity index (χ0) is 13.9. The number of carboxylic acid groups (broad SMARTS) is 1. The van der Waals surface area contributed by atoms with Gasteiger partial charge in [0.05, 0.1) is 5.41 Å². The number of nitrogens with one attached hydrogen (secondary N) is 1. The van der Waals surface area contributed by atoms with Gasteiger partial charge in [-0.2, -0.15) is 0 Å². The monoisotopic (exact) mass is 256 g/mol. The molecule has 0 aliphatic carbocycles. The van der Waals surface area contributed by atoms with Crippen LogP contribution in [0.2, 0.25) is 0 Å². The van der Waals surface area contributed by atoms with Gasteiger partial charge in [-0.1, -0.05) is 13.8 Å². The summed E-state index contributed by atoms with van der Waals surface area (Å²) in [7, 11) is 0. The summed E-state index contributed by atoms with van der Waals surface area (Å²) in [6.45, 7) is 8.70. The van der Waals surface area contributed by atoms with E-state index in [1.54, 1.807) is 11.8 Å². The highest BCUT2D eigenvalue weighted by Crippen LogP contribution is 2.30. The topological polar surface area (TPSA) is 69.6 Å². The van der Waals surface area contributed by atoms with Crippen LogP contribution in [0.1, 0.15) is 40.5 Å². The summed E-state index contributed by atoms with van der Waals surface area (Å²) in [6.07, 6.45) is 1.45. The maximum atomic E-state index is 12.0.